The standard InChI is InChI=1S/C14H21N3O2/c1-17(11-13-10-16-7-8-19-13)14(18)5-4-12-3-2-6-15-9-12/h2-3,6,9,13,16H,4-5,7-8,10-11H2,1H3. The summed E-state index contributed by atoms with van der Waals surface area (Å²) in [5, 5.41) is 3.27. The second-order valence-electron chi connectivity index (χ2n) is 4.83. The van der Waals surface area contributed by atoms with Gasteiger partial charge in [-0.3, -0.25) is 9.78 Å². The molecule has 1 amide bonds. The first-order chi connectivity index (χ1) is 9.25. The quantitative estimate of drug-likeness (QED) is 0.838. The van der Waals surface area contributed by atoms with Crippen molar-refractivity contribution < 1.29 is 9.53 Å². The van der Waals surface area contributed by atoms with E-state index in [0.717, 1.165) is 31.7 Å². The summed E-state index contributed by atoms with van der Waals surface area (Å²) in [7, 11) is 1.84. The van der Waals surface area contributed by atoms with Gasteiger partial charge in [-0.1, -0.05) is 6.07 Å². The van der Waals surface area contributed by atoms with Gasteiger partial charge in [0.25, 0.3) is 0 Å². The van der Waals surface area contributed by atoms with Crippen molar-refractivity contribution in [2.45, 2.75) is 18.9 Å². The van der Waals surface area contributed by atoms with Gasteiger partial charge in [0.05, 0.1) is 12.7 Å². The smallest absolute Gasteiger partial charge is 0.222 e. The number of pyridine rings is 1. The van der Waals surface area contributed by atoms with E-state index in [1.165, 1.54) is 0 Å². The molecule has 1 atom stereocenters. The van der Waals surface area contributed by atoms with Crippen LogP contribution in [0.4, 0.5) is 0 Å². The molecular weight excluding hydrogens is 242 g/mol. The Kier molecular flexibility index (Phi) is 5.30. The summed E-state index contributed by atoms with van der Waals surface area (Å²) < 4.78 is 5.60. The number of morpholine rings is 1. The minimum atomic E-state index is 0.112. The molecule has 5 nitrogen and oxygen atoms in total. The summed E-state index contributed by atoms with van der Waals surface area (Å²) in [6.07, 6.45) is 4.91. The molecule has 1 N–H and O–H groups in total. The number of hydrogen-bond donors (Lipinski definition) is 1. The van der Waals surface area contributed by atoms with Gasteiger partial charge < -0.3 is 15.0 Å². The lowest BCUT2D eigenvalue weighted by molar-refractivity contribution is -0.132. The topological polar surface area (TPSA) is 54.5 Å². The van der Waals surface area contributed by atoms with Crippen molar-refractivity contribution in [2.75, 3.05) is 33.3 Å². The number of aryl methyl sites for hydroxylation is 1. The van der Waals surface area contributed by atoms with Crippen LogP contribution >= 0.6 is 0 Å². The van der Waals surface area contributed by atoms with Crippen molar-refractivity contribution in [3.63, 3.8) is 0 Å². The Morgan fingerprint density at radius 3 is 3.21 bits per heavy atom. The number of hydrogen-bond acceptors (Lipinski definition) is 4. The number of ether oxygens (including phenoxy) is 1. The van der Waals surface area contributed by atoms with Gasteiger partial charge in [-0.05, 0) is 18.1 Å². The van der Waals surface area contributed by atoms with Crippen molar-refractivity contribution in [2.24, 2.45) is 0 Å². The molecule has 1 fully saturated rings. The monoisotopic (exact) mass is 263 g/mol. The molecule has 1 saturated heterocycles. The molecule has 5 heteroatoms. The zero-order valence-corrected chi connectivity index (χ0v) is 11.3. The van der Waals surface area contributed by atoms with E-state index in [0.29, 0.717) is 13.0 Å². The predicted octanol–water partition coefficient (Wildman–Crippen LogP) is 0.461. The number of carbonyl (C=O) groups excluding carboxylic acids is 1. The third-order valence-corrected chi connectivity index (χ3v) is 3.26. The molecule has 0 aliphatic carbocycles. The first kappa shape index (κ1) is 14.0. The maximum Gasteiger partial charge on any atom is 0.222 e. The molecule has 1 aliphatic heterocycles. The molecule has 1 aromatic rings. The van der Waals surface area contributed by atoms with Gasteiger partial charge in [0.2, 0.25) is 5.91 Å². The zero-order valence-electron chi connectivity index (χ0n) is 11.3. The summed E-state index contributed by atoms with van der Waals surface area (Å²) >= 11 is 0. The third kappa shape index (κ3) is 4.61. The number of aromatic nitrogens is 1. The minimum Gasteiger partial charge on any atom is -0.374 e. The molecule has 0 aromatic carbocycles. The van der Waals surface area contributed by atoms with E-state index in [2.05, 4.69) is 10.3 Å². The summed E-state index contributed by atoms with van der Waals surface area (Å²) in [4.78, 5) is 17.8. The highest BCUT2D eigenvalue weighted by Gasteiger charge is 2.18. The van der Waals surface area contributed by atoms with Crippen LogP contribution in [0.5, 0.6) is 0 Å². The van der Waals surface area contributed by atoms with E-state index in [1.54, 1.807) is 17.3 Å². The Morgan fingerprint density at radius 1 is 1.63 bits per heavy atom. The third-order valence-electron chi connectivity index (χ3n) is 3.26. The molecular formula is C14H21N3O2. The minimum absolute atomic E-state index is 0.112. The summed E-state index contributed by atoms with van der Waals surface area (Å²) in [5.41, 5.74) is 1.10. The van der Waals surface area contributed by atoms with Crippen molar-refractivity contribution in [3.05, 3.63) is 30.1 Å². The van der Waals surface area contributed by atoms with E-state index in [9.17, 15) is 4.79 Å². The highest BCUT2D eigenvalue weighted by molar-refractivity contribution is 5.76. The van der Waals surface area contributed by atoms with E-state index in [1.807, 2.05) is 19.2 Å². The molecule has 1 aromatic heterocycles. The van der Waals surface area contributed by atoms with Gasteiger partial charge in [-0.2, -0.15) is 0 Å². The Labute approximate surface area is 114 Å². The lowest BCUT2D eigenvalue weighted by Gasteiger charge is -2.28. The van der Waals surface area contributed by atoms with E-state index in [-0.39, 0.29) is 12.0 Å². The SMILES string of the molecule is CN(CC1CNCCO1)C(=O)CCc1cccnc1. The number of nitrogens with one attached hydrogen (secondary N) is 1. The van der Waals surface area contributed by atoms with E-state index >= 15 is 0 Å². The van der Waals surface area contributed by atoms with Crippen molar-refractivity contribution in [1.82, 2.24) is 15.2 Å². The number of rotatable bonds is 5. The maximum absolute atomic E-state index is 12.0. The molecule has 1 unspecified atom stereocenters. The number of nitrogens with zero attached hydrogens (tertiary/aromatic N) is 2. The molecule has 0 radical (unpaired) electrons. The molecule has 104 valence electrons. The van der Waals surface area contributed by atoms with Crippen LogP contribution in [0, 0.1) is 0 Å². The molecule has 2 heterocycles. The molecule has 0 saturated carbocycles. The van der Waals surface area contributed by atoms with Gasteiger partial charge in [-0.15, -0.1) is 0 Å². The maximum atomic E-state index is 12.0. The van der Waals surface area contributed by atoms with Gasteiger partial charge in [-0.25, -0.2) is 0 Å². The molecule has 2 rings (SSSR count). The highest BCUT2D eigenvalue weighted by Crippen LogP contribution is 2.04. The average molecular weight is 263 g/mol. The van der Waals surface area contributed by atoms with Crippen LogP contribution in [0.3, 0.4) is 0 Å². The fourth-order valence-electron chi connectivity index (χ4n) is 2.13. The van der Waals surface area contributed by atoms with Crippen LogP contribution in [0.2, 0.25) is 0 Å². The van der Waals surface area contributed by atoms with Crippen molar-refractivity contribution in [1.29, 1.82) is 0 Å². The van der Waals surface area contributed by atoms with E-state index in [4.69, 9.17) is 4.74 Å². The first-order valence-electron chi connectivity index (χ1n) is 6.71. The second-order valence-corrected chi connectivity index (χ2v) is 4.83. The summed E-state index contributed by atoms with van der Waals surface area (Å²) in [5.74, 6) is 0.151. The number of amides is 1. The van der Waals surface area contributed by atoms with Gasteiger partial charge in [0.15, 0.2) is 0 Å². The summed E-state index contributed by atoms with van der Waals surface area (Å²) in [6, 6.07) is 3.89. The van der Waals surface area contributed by atoms with E-state index < -0.39 is 0 Å². The Hall–Kier alpha value is -1.46. The van der Waals surface area contributed by atoms with Crippen LogP contribution in [-0.2, 0) is 16.0 Å². The fourth-order valence-corrected chi connectivity index (χ4v) is 2.13. The molecule has 0 bridgehead atoms. The second kappa shape index (κ2) is 7.21. The van der Waals surface area contributed by atoms with Crippen molar-refractivity contribution >= 4 is 5.91 Å². The molecule has 0 spiro atoms. The summed E-state index contributed by atoms with van der Waals surface area (Å²) in [6.45, 7) is 3.09. The van der Waals surface area contributed by atoms with Crippen LogP contribution in [0.25, 0.3) is 0 Å². The number of likely N-dealkylation sites (N-methyl/N-ethyl adjacent to an activating group) is 1. The average Bonchev–Trinajstić information content (AvgIpc) is 2.47. The van der Waals surface area contributed by atoms with Crippen molar-refractivity contribution in [3.8, 4) is 0 Å². The van der Waals surface area contributed by atoms with Gasteiger partial charge in [0.1, 0.15) is 0 Å². The van der Waals surface area contributed by atoms with Gasteiger partial charge >= 0.3 is 0 Å². The Morgan fingerprint density at radius 2 is 2.53 bits per heavy atom. The Bertz CT molecular complexity index is 391. The number of carbonyl (C=O) groups is 1. The first-order valence-corrected chi connectivity index (χ1v) is 6.71. The highest BCUT2D eigenvalue weighted by atomic mass is 16.5. The normalized spacial score (nSPS) is 19.1. The largest absolute Gasteiger partial charge is 0.374 e. The Balaban J connectivity index is 1.72. The lowest BCUT2D eigenvalue weighted by atomic mass is 10.1. The van der Waals surface area contributed by atoms with Gasteiger partial charge in [0, 0.05) is 45.5 Å². The molecule has 19 heavy (non-hydrogen) atoms. The van der Waals surface area contributed by atoms with Crippen LogP contribution in [-0.4, -0.2) is 55.2 Å². The van der Waals surface area contributed by atoms with Crippen LogP contribution in [0.15, 0.2) is 24.5 Å². The predicted molar refractivity (Wildman–Crippen MR) is 72.8 cm³/mol. The fraction of sp³-hybridized carbons (Fsp3) is 0.571. The zero-order chi connectivity index (χ0) is 13.5. The molecule has 1 aliphatic rings. The van der Waals surface area contributed by atoms with Crippen LogP contribution < -0.4 is 5.32 Å². The lowest BCUT2D eigenvalue weighted by Crippen LogP contribution is -2.45. The van der Waals surface area contributed by atoms with Crippen LogP contribution in [0.1, 0.15) is 12.0 Å².